The summed E-state index contributed by atoms with van der Waals surface area (Å²) >= 11 is 0. The van der Waals surface area contributed by atoms with Crippen LogP contribution in [0.3, 0.4) is 0 Å². The molecule has 0 unspecified atom stereocenters. The lowest BCUT2D eigenvalue weighted by Crippen LogP contribution is -2.51. The molecule has 1 fully saturated rings. The molecular formula is C34H46N2O3. The van der Waals surface area contributed by atoms with Crippen molar-refractivity contribution in [1.82, 2.24) is 5.32 Å². The van der Waals surface area contributed by atoms with Crippen molar-refractivity contribution in [3.05, 3.63) is 76.3 Å². The fourth-order valence-corrected chi connectivity index (χ4v) is 5.35. The molecule has 3 N–H and O–H groups in total. The second-order valence-corrected chi connectivity index (χ2v) is 11.2. The highest BCUT2D eigenvalue weighted by molar-refractivity contribution is 5.74. The molecule has 5 heteroatoms. The Morgan fingerprint density at radius 3 is 2.31 bits per heavy atom. The highest BCUT2D eigenvalue weighted by Gasteiger charge is 2.28. The zero-order valence-corrected chi connectivity index (χ0v) is 24.7. The number of fused-ring (bicyclic) bond motifs is 1. The highest BCUT2D eigenvalue weighted by Crippen LogP contribution is 2.43. The fourth-order valence-electron chi connectivity index (χ4n) is 5.35. The van der Waals surface area contributed by atoms with Gasteiger partial charge in [0, 0.05) is 23.7 Å². The Labute approximate surface area is 235 Å². The van der Waals surface area contributed by atoms with Gasteiger partial charge >= 0.3 is 0 Å². The van der Waals surface area contributed by atoms with E-state index >= 15 is 0 Å². The zero-order valence-electron chi connectivity index (χ0n) is 24.7. The number of benzene rings is 3. The van der Waals surface area contributed by atoms with Gasteiger partial charge in [0.05, 0.1) is 13.2 Å². The van der Waals surface area contributed by atoms with Crippen molar-refractivity contribution in [3.63, 3.8) is 0 Å². The Morgan fingerprint density at radius 1 is 0.949 bits per heavy atom. The molecule has 1 heterocycles. The summed E-state index contributed by atoms with van der Waals surface area (Å²) < 4.78 is 18.4. The van der Waals surface area contributed by atoms with Gasteiger partial charge in [0.2, 0.25) is 0 Å². The molecule has 3 aromatic carbocycles. The molecule has 0 radical (unpaired) electrons. The topological polar surface area (TPSA) is 65.7 Å². The maximum absolute atomic E-state index is 6.57. The number of hydrogen-bond acceptors (Lipinski definition) is 5. The summed E-state index contributed by atoms with van der Waals surface area (Å²) in [6.07, 6.45) is 4.32. The Hall–Kier alpha value is -3.02. The van der Waals surface area contributed by atoms with Gasteiger partial charge in [0.25, 0.3) is 0 Å². The normalized spacial score (nSPS) is 16.9. The number of nitrogens with one attached hydrogen (secondary N) is 1. The third-order valence-corrected chi connectivity index (χ3v) is 7.75. The van der Waals surface area contributed by atoms with Crippen LogP contribution in [0.2, 0.25) is 0 Å². The van der Waals surface area contributed by atoms with Crippen LogP contribution in [-0.4, -0.2) is 25.3 Å². The minimum Gasteiger partial charge on any atom is -0.493 e. The second-order valence-electron chi connectivity index (χ2n) is 11.2. The molecule has 0 amide bonds. The van der Waals surface area contributed by atoms with Gasteiger partial charge in [-0.05, 0) is 112 Å². The van der Waals surface area contributed by atoms with E-state index in [0.717, 1.165) is 54.2 Å². The van der Waals surface area contributed by atoms with Crippen LogP contribution >= 0.6 is 0 Å². The van der Waals surface area contributed by atoms with E-state index in [4.69, 9.17) is 19.9 Å². The Balaban J connectivity index is 0.000000519. The van der Waals surface area contributed by atoms with E-state index in [9.17, 15) is 0 Å². The summed E-state index contributed by atoms with van der Waals surface area (Å²) in [6, 6.07) is 17.0. The number of ether oxygens (including phenoxy) is 3. The van der Waals surface area contributed by atoms with Crippen LogP contribution in [0, 0.1) is 13.8 Å². The molecule has 1 atom stereocenters. The van der Waals surface area contributed by atoms with E-state index in [0.29, 0.717) is 18.7 Å². The minimum atomic E-state index is 0.0247. The third-order valence-electron chi connectivity index (χ3n) is 7.75. The molecule has 1 saturated heterocycles. The summed E-state index contributed by atoms with van der Waals surface area (Å²) in [4.78, 5) is 0. The fraction of sp³-hybridized carbons (Fsp3) is 0.471. The van der Waals surface area contributed by atoms with Crippen LogP contribution in [0.25, 0.3) is 11.1 Å². The monoisotopic (exact) mass is 530 g/mol. The molecule has 0 saturated carbocycles. The van der Waals surface area contributed by atoms with E-state index < -0.39 is 0 Å². The van der Waals surface area contributed by atoms with E-state index in [1.807, 2.05) is 13.0 Å². The first-order chi connectivity index (χ1) is 18.8. The summed E-state index contributed by atoms with van der Waals surface area (Å²) in [5.74, 6) is 2.65. The van der Waals surface area contributed by atoms with Gasteiger partial charge in [-0.1, -0.05) is 37.3 Å². The first kappa shape index (κ1) is 29.0. The summed E-state index contributed by atoms with van der Waals surface area (Å²) in [6.45, 7) is 15.8. The van der Waals surface area contributed by atoms with Crippen molar-refractivity contribution >= 4 is 0 Å². The van der Waals surface area contributed by atoms with Crippen molar-refractivity contribution in [2.45, 2.75) is 85.4 Å². The van der Waals surface area contributed by atoms with Crippen molar-refractivity contribution in [2.75, 3.05) is 19.8 Å². The molecule has 5 nitrogen and oxygen atoms in total. The van der Waals surface area contributed by atoms with Crippen LogP contribution < -0.4 is 25.3 Å². The van der Waals surface area contributed by atoms with Crippen LogP contribution in [0.5, 0.6) is 17.2 Å². The van der Waals surface area contributed by atoms with E-state index in [2.05, 4.69) is 82.4 Å². The lowest BCUT2D eigenvalue weighted by molar-refractivity contribution is 0.205. The maximum Gasteiger partial charge on any atom is 0.127 e. The number of rotatable bonds is 9. The average Bonchev–Trinajstić information content (AvgIpc) is 3.32. The molecule has 2 aliphatic rings. The van der Waals surface area contributed by atoms with Crippen LogP contribution in [-0.2, 0) is 13.0 Å². The van der Waals surface area contributed by atoms with Gasteiger partial charge in [0.15, 0.2) is 0 Å². The predicted octanol–water partition coefficient (Wildman–Crippen LogP) is 7.44. The Morgan fingerprint density at radius 2 is 1.67 bits per heavy atom. The van der Waals surface area contributed by atoms with E-state index in [-0.39, 0.29) is 6.10 Å². The smallest absolute Gasteiger partial charge is 0.127 e. The largest absolute Gasteiger partial charge is 0.493 e. The van der Waals surface area contributed by atoms with Gasteiger partial charge < -0.3 is 25.3 Å². The standard InChI is InChI=1S/C29H35NO3.C5H11N/c1-5-15-32-26-12-8-9-22(20(26)4)23-10-7-11-25-24(23)13-14-27(25)33-28-17-29(31-6-2)21(18-30)16-19(28)3;1-5(2)3-4-6-5/h7-12,16-17,27H,5-6,13-15,18,30H2,1-4H3;6H,3-4H2,1-2H3/t27-;/m0./s1. The second kappa shape index (κ2) is 12.9. The molecule has 1 aliphatic heterocycles. The molecular weight excluding hydrogens is 484 g/mol. The lowest BCUT2D eigenvalue weighted by atomic mass is 9.93. The van der Waals surface area contributed by atoms with Crippen molar-refractivity contribution < 1.29 is 14.2 Å². The quantitative estimate of drug-likeness (QED) is 0.301. The highest BCUT2D eigenvalue weighted by atomic mass is 16.5. The zero-order chi connectivity index (χ0) is 28.0. The lowest BCUT2D eigenvalue weighted by Gasteiger charge is -2.35. The Kier molecular flexibility index (Phi) is 9.58. The summed E-state index contributed by atoms with van der Waals surface area (Å²) in [5, 5.41) is 3.28. The molecule has 210 valence electrons. The maximum atomic E-state index is 6.57. The van der Waals surface area contributed by atoms with E-state index in [1.54, 1.807) is 0 Å². The molecule has 1 aliphatic carbocycles. The van der Waals surface area contributed by atoms with Crippen LogP contribution in [0.4, 0.5) is 0 Å². The molecule has 3 aromatic rings. The SMILES string of the molecule is CC1(C)CCN1.CCCOc1cccc(-c2cccc3c2CC[C@@H]3Oc2cc(OCC)c(CN)cc2C)c1C. The number of aryl methyl sites for hydroxylation is 1. The molecule has 0 spiro atoms. The van der Waals surface area contributed by atoms with Crippen LogP contribution in [0.15, 0.2) is 48.5 Å². The number of hydrogen-bond donors (Lipinski definition) is 2. The van der Waals surface area contributed by atoms with Gasteiger partial charge in [-0.2, -0.15) is 0 Å². The molecule has 0 bridgehead atoms. The van der Waals surface area contributed by atoms with Gasteiger partial charge in [0.1, 0.15) is 23.4 Å². The first-order valence-corrected chi connectivity index (χ1v) is 14.5. The third kappa shape index (κ3) is 6.77. The minimum absolute atomic E-state index is 0.0247. The summed E-state index contributed by atoms with van der Waals surface area (Å²) in [7, 11) is 0. The average molecular weight is 531 g/mol. The van der Waals surface area contributed by atoms with Crippen molar-refractivity contribution in [1.29, 1.82) is 0 Å². The summed E-state index contributed by atoms with van der Waals surface area (Å²) in [5.41, 5.74) is 14.8. The molecule has 0 aromatic heterocycles. The number of nitrogens with two attached hydrogens (primary N) is 1. The van der Waals surface area contributed by atoms with Crippen molar-refractivity contribution in [3.8, 4) is 28.4 Å². The molecule has 5 rings (SSSR count). The van der Waals surface area contributed by atoms with Gasteiger partial charge in [-0.15, -0.1) is 0 Å². The van der Waals surface area contributed by atoms with E-state index in [1.165, 1.54) is 40.8 Å². The van der Waals surface area contributed by atoms with Gasteiger partial charge in [-0.3, -0.25) is 0 Å². The Bertz CT molecular complexity index is 1260. The predicted molar refractivity (Wildman–Crippen MR) is 161 cm³/mol. The van der Waals surface area contributed by atoms with Gasteiger partial charge in [-0.25, -0.2) is 0 Å². The first-order valence-electron chi connectivity index (χ1n) is 14.5. The van der Waals surface area contributed by atoms with Crippen molar-refractivity contribution in [2.24, 2.45) is 5.73 Å². The molecule has 39 heavy (non-hydrogen) atoms. The van der Waals surface area contributed by atoms with Crippen LogP contribution in [0.1, 0.15) is 80.9 Å².